The summed E-state index contributed by atoms with van der Waals surface area (Å²) in [4.78, 5) is 26.6. The summed E-state index contributed by atoms with van der Waals surface area (Å²) in [5, 5.41) is 21.7. The van der Waals surface area contributed by atoms with Crippen LogP contribution >= 0.6 is 0 Å². The Hall–Kier alpha value is -2.00. The normalized spacial score (nSPS) is 29.3. The molecule has 1 aromatic carbocycles. The molecule has 3 rings (SSSR count). The molecule has 0 saturated carbocycles. The highest BCUT2D eigenvalue weighted by Crippen LogP contribution is 2.29. The van der Waals surface area contributed by atoms with Gasteiger partial charge in [0, 0.05) is 13.0 Å². The molecule has 184 valence electrons. The standard InChI is InChI=1S/C25H37NO7/c1-15-10-20(31-4)12-21(33-15)13-22(27)16(2)23(28)17(3)24(29)26-19(14-32-25(26)30)11-18-8-6-5-7-9-18/h5-9,15-17,19-23,27-28H,10-14H2,1-4H3/t15-,16-,17-,19-,20+,21+,22+,23-/m0/s1. The van der Waals surface area contributed by atoms with Gasteiger partial charge in [0.05, 0.1) is 42.5 Å². The molecular weight excluding hydrogens is 426 g/mol. The van der Waals surface area contributed by atoms with Gasteiger partial charge in [-0.25, -0.2) is 9.69 Å². The van der Waals surface area contributed by atoms with Crippen molar-refractivity contribution in [3.8, 4) is 0 Å². The summed E-state index contributed by atoms with van der Waals surface area (Å²) in [5.41, 5.74) is 0.992. The fraction of sp³-hybridized carbons (Fsp3) is 0.680. The van der Waals surface area contributed by atoms with Gasteiger partial charge >= 0.3 is 6.09 Å². The minimum Gasteiger partial charge on any atom is -0.447 e. The van der Waals surface area contributed by atoms with Crippen molar-refractivity contribution >= 4 is 12.0 Å². The molecule has 2 amide bonds. The monoisotopic (exact) mass is 463 g/mol. The Morgan fingerprint density at radius 3 is 2.58 bits per heavy atom. The quantitative estimate of drug-likeness (QED) is 0.580. The van der Waals surface area contributed by atoms with Crippen LogP contribution in [0.3, 0.4) is 0 Å². The van der Waals surface area contributed by atoms with Crippen LogP contribution in [-0.2, 0) is 25.4 Å². The summed E-state index contributed by atoms with van der Waals surface area (Å²) < 4.78 is 16.5. The molecule has 0 aliphatic carbocycles. The number of aliphatic hydroxyl groups excluding tert-OH is 2. The van der Waals surface area contributed by atoms with Gasteiger partial charge in [-0.2, -0.15) is 0 Å². The molecule has 8 atom stereocenters. The van der Waals surface area contributed by atoms with Crippen molar-refractivity contribution < 1.29 is 34.0 Å². The van der Waals surface area contributed by atoms with E-state index >= 15 is 0 Å². The van der Waals surface area contributed by atoms with E-state index in [9.17, 15) is 19.8 Å². The Bertz CT molecular complexity index is 788. The number of benzene rings is 1. The molecule has 2 aliphatic rings. The van der Waals surface area contributed by atoms with Gasteiger partial charge in [-0.15, -0.1) is 0 Å². The van der Waals surface area contributed by atoms with Crippen molar-refractivity contribution in [2.24, 2.45) is 11.8 Å². The number of aliphatic hydroxyl groups is 2. The second kappa shape index (κ2) is 11.4. The molecule has 0 aromatic heterocycles. The summed E-state index contributed by atoms with van der Waals surface area (Å²) in [6.45, 7) is 5.40. The lowest BCUT2D eigenvalue weighted by Gasteiger charge is -2.36. The highest BCUT2D eigenvalue weighted by atomic mass is 16.6. The molecule has 2 saturated heterocycles. The largest absolute Gasteiger partial charge is 0.447 e. The van der Waals surface area contributed by atoms with Crippen LogP contribution < -0.4 is 0 Å². The van der Waals surface area contributed by atoms with E-state index < -0.39 is 42.1 Å². The molecule has 2 fully saturated rings. The maximum Gasteiger partial charge on any atom is 0.416 e. The van der Waals surface area contributed by atoms with E-state index in [2.05, 4.69) is 0 Å². The van der Waals surface area contributed by atoms with Gasteiger partial charge in [0.15, 0.2) is 0 Å². The number of carbonyl (C=O) groups excluding carboxylic acids is 2. The van der Waals surface area contributed by atoms with E-state index in [4.69, 9.17) is 14.2 Å². The summed E-state index contributed by atoms with van der Waals surface area (Å²) in [5.74, 6) is -1.96. The van der Waals surface area contributed by atoms with E-state index in [1.807, 2.05) is 37.3 Å². The third-order valence-electron chi connectivity index (χ3n) is 6.94. The fourth-order valence-corrected chi connectivity index (χ4v) is 4.84. The average Bonchev–Trinajstić information content (AvgIpc) is 3.16. The Morgan fingerprint density at radius 2 is 1.91 bits per heavy atom. The topological polar surface area (TPSA) is 106 Å². The molecule has 0 unspecified atom stereocenters. The van der Waals surface area contributed by atoms with Crippen LogP contribution in [0.2, 0.25) is 0 Å². The van der Waals surface area contributed by atoms with Gasteiger partial charge in [-0.05, 0) is 38.2 Å². The van der Waals surface area contributed by atoms with E-state index in [-0.39, 0.29) is 24.9 Å². The minimum atomic E-state index is -1.13. The first-order valence-electron chi connectivity index (χ1n) is 11.8. The smallest absolute Gasteiger partial charge is 0.416 e. The number of hydrogen-bond acceptors (Lipinski definition) is 7. The zero-order chi connectivity index (χ0) is 24.1. The van der Waals surface area contributed by atoms with E-state index in [0.717, 1.165) is 16.9 Å². The maximum atomic E-state index is 13.2. The lowest BCUT2D eigenvalue weighted by molar-refractivity contribution is -0.140. The van der Waals surface area contributed by atoms with Crippen molar-refractivity contribution in [3.63, 3.8) is 0 Å². The number of hydrogen-bond donors (Lipinski definition) is 2. The average molecular weight is 464 g/mol. The lowest BCUT2D eigenvalue weighted by Crippen LogP contribution is -2.48. The number of amides is 2. The van der Waals surface area contributed by atoms with Crippen LogP contribution in [0, 0.1) is 11.8 Å². The van der Waals surface area contributed by atoms with Gasteiger partial charge in [0.2, 0.25) is 5.91 Å². The zero-order valence-electron chi connectivity index (χ0n) is 19.9. The minimum absolute atomic E-state index is 0.0318. The maximum absolute atomic E-state index is 13.2. The number of ether oxygens (including phenoxy) is 3. The molecule has 0 spiro atoms. The molecule has 0 bridgehead atoms. The molecule has 2 heterocycles. The molecular formula is C25H37NO7. The van der Waals surface area contributed by atoms with Gasteiger partial charge in [0.25, 0.3) is 0 Å². The predicted molar refractivity (Wildman–Crippen MR) is 121 cm³/mol. The van der Waals surface area contributed by atoms with Gasteiger partial charge in [-0.1, -0.05) is 44.2 Å². The Kier molecular flexibility index (Phi) is 8.87. The number of cyclic esters (lactones) is 1. The highest BCUT2D eigenvalue weighted by molar-refractivity contribution is 5.95. The first-order valence-corrected chi connectivity index (χ1v) is 11.8. The van der Waals surface area contributed by atoms with Crippen LogP contribution in [0.25, 0.3) is 0 Å². The number of methoxy groups -OCH3 is 1. The van der Waals surface area contributed by atoms with Crippen molar-refractivity contribution in [1.82, 2.24) is 4.90 Å². The van der Waals surface area contributed by atoms with Gasteiger partial charge in [0.1, 0.15) is 6.61 Å². The number of nitrogens with zero attached hydrogens (tertiary/aromatic N) is 1. The number of imide groups is 1. The van der Waals surface area contributed by atoms with E-state index in [1.165, 1.54) is 0 Å². The summed E-state index contributed by atoms with van der Waals surface area (Å²) in [7, 11) is 1.67. The van der Waals surface area contributed by atoms with Gasteiger partial charge < -0.3 is 24.4 Å². The summed E-state index contributed by atoms with van der Waals surface area (Å²) in [6, 6.07) is 9.16. The third-order valence-corrected chi connectivity index (χ3v) is 6.94. The van der Waals surface area contributed by atoms with Crippen LogP contribution in [0.15, 0.2) is 30.3 Å². The first kappa shape index (κ1) is 25.6. The lowest BCUT2D eigenvalue weighted by atomic mass is 9.85. The highest BCUT2D eigenvalue weighted by Gasteiger charge is 2.43. The molecule has 33 heavy (non-hydrogen) atoms. The molecule has 0 radical (unpaired) electrons. The zero-order valence-corrected chi connectivity index (χ0v) is 19.9. The first-order chi connectivity index (χ1) is 15.7. The van der Waals surface area contributed by atoms with Crippen molar-refractivity contribution in [3.05, 3.63) is 35.9 Å². The second-order valence-corrected chi connectivity index (χ2v) is 9.47. The third kappa shape index (κ3) is 6.32. The molecule has 2 aliphatic heterocycles. The SMILES string of the molecule is CO[C@H]1C[C@H](C[C@@H](O)[C@H](C)[C@H](O)[C@H](C)C(=O)N2C(=O)OC[C@@H]2Cc2ccccc2)O[C@@H](C)C1. The van der Waals surface area contributed by atoms with Crippen molar-refractivity contribution in [2.75, 3.05) is 13.7 Å². The Labute approximate surface area is 195 Å². The van der Waals surface area contributed by atoms with E-state index in [0.29, 0.717) is 19.3 Å². The molecule has 8 heteroatoms. The fourth-order valence-electron chi connectivity index (χ4n) is 4.84. The Morgan fingerprint density at radius 1 is 1.21 bits per heavy atom. The van der Waals surface area contributed by atoms with Crippen LogP contribution in [0.5, 0.6) is 0 Å². The number of carbonyl (C=O) groups is 2. The molecule has 8 nitrogen and oxygen atoms in total. The molecule has 1 aromatic rings. The molecule has 2 N–H and O–H groups in total. The number of rotatable bonds is 9. The van der Waals surface area contributed by atoms with E-state index in [1.54, 1.807) is 21.0 Å². The van der Waals surface area contributed by atoms with Crippen molar-refractivity contribution in [2.45, 2.75) is 83.0 Å². The van der Waals surface area contributed by atoms with Gasteiger partial charge in [-0.3, -0.25) is 4.79 Å². The van der Waals surface area contributed by atoms with Crippen LogP contribution in [0.1, 0.15) is 45.6 Å². The predicted octanol–water partition coefficient (Wildman–Crippen LogP) is 2.54. The van der Waals surface area contributed by atoms with Crippen LogP contribution in [-0.4, -0.2) is 77.4 Å². The van der Waals surface area contributed by atoms with Crippen LogP contribution in [0.4, 0.5) is 4.79 Å². The Balaban J connectivity index is 1.60. The van der Waals surface area contributed by atoms with Crippen molar-refractivity contribution in [1.29, 1.82) is 0 Å². The second-order valence-electron chi connectivity index (χ2n) is 9.47. The summed E-state index contributed by atoms with van der Waals surface area (Å²) >= 11 is 0. The summed E-state index contributed by atoms with van der Waals surface area (Å²) in [6.07, 6.45) is -0.451.